The van der Waals surface area contributed by atoms with Crippen molar-refractivity contribution < 1.29 is 0 Å². The Balaban J connectivity index is 0.00000144. The fourth-order valence-corrected chi connectivity index (χ4v) is 1.37. The first kappa shape index (κ1) is 12.8. The van der Waals surface area contributed by atoms with Gasteiger partial charge >= 0.3 is 0 Å². The lowest BCUT2D eigenvalue weighted by molar-refractivity contribution is 0.514. The van der Waals surface area contributed by atoms with E-state index in [4.69, 9.17) is 17.3 Å². The average molecular weight is 220 g/mol. The molecule has 0 bridgehead atoms. The first-order chi connectivity index (χ1) is 5.63. The third kappa shape index (κ3) is 3.18. The summed E-state index contributed by atoms with van der Waals surface area (Å²) in [5.74, 6) is 0.421. The van der Waals surface area contributed by atoms with Crippen LogP contribution in [0.5, 0.6) is 0 Å². The minimum absolute atomic E-state index is 0. The second kappa shape index (κ2) is 5.48. The molecule has 0 saturated carbocycles. The Morgan fingerprint density at radius 1 is 1.23 bits per heavy atom. The first-order valence-corrected chi connectivity index (χ1v) is 4.50. The van der Waals surface area contributed by atoms with E-state index in [1.54, 1.807) is 0 Å². The van der Waals surface area contributed by atoms with Crippen LogP contribution in [0.3, 0.4) is 0 Å². The van der Waals surface area contributed by atoms with Crippen LogP contribution >= 0.6 is 24.0 Å². The molecule has 13 heavy (non-hydrogen) atoms. The van der Waals surface area contributed by atoms with E-state index in [1.807, 2.05) is 24.3 Å². The highest BCUT2D eigenvalue weighted by Crippen LogP contribution is 2.25. The SMILES string of the molecule is CC(C)[C@H](N)c1ccccc1Cl.Cl. The van der Waals surface area contributed by atoms with E-state index in [0.29, 0.717) is 5.92 Å². The normalized spacial score (nSPS) is 12.4. The van der Waals surface area contributed by atoms with Crippen molar-refractivity contribution in [2.75, 3.05) is 0 Å². The smallest absolute Gasteiger partial charge is 0.0453 e. The predicted octanol–water partition coefficient (Wildman–Crippen LogP) is 3.42. The molecule has 0 radical (unpaired) electrons. The molecule has 0 aliphatic carbocycles. The number of hydrogen-bond acceptors (Lipinski definition) is 1. The van der Waals surface area contributed by atoms with Gasteiger partial charge in [0, 0.05) is 11.1 Å². The maximum absolute atomic E-state index is 5.98. The topological polar surface area (TPSA) is 26.0 Å². The number of nitrogens with two attached hydrogens (primary N) is 1. The monoisotopic (exact) mass is 219 g/mol. The summed E-state index contributed by atoms with van der Waals surface area (Å²) >= 11 is 5.98. The standard InChI is InChI=1S/C10H14ClN.ClH/c1-7(2)10(12)8-5-3-4-6-9(8)11;/h3-7,10H,12H2,1-2H3;1H/t10-;/m0./s1. The van der Waals surface area contributed by atoms with Crippen molar-refractivity contribution in [3.05, 3.63) is 34.9 Å². The zero-order valence-electron chi connectivity index (χ0n) is 7.83. The Labute approximate surface area is 90.7 Å². The highest BCUT2D eigenvalue weighted by molar-refractivity contribution is 6.31. The lowest BCUT2D eigenvalue weighted by atomic mass is 9.97. The summed E-state index contributed by atoms with van der Waals surface area (Å²) in [5, 5.41) is 0.763. The molecule has 2 N–H and O–H groups in total. The van der Waals surface area contributed by atoms with Gasteiger partial charge in [-0.25, -0.2) is 0 Å². The molecular weight excluding hydrogens is 205 g/mol. The van der Waals surface area contributed by atoms with Crippen LogP contribution in [-0.4, -0.2) is 0 Å². The molecule has 0 heterocycles. The van der Waals surface area contributed by atoms with Gasteiger partial charge in [0.15, 0.2) is 0 Å². The molecule has 1 nitrogen and oxygen atoms in total. The molecule has 0 unspecified atom stereocenters. The van der Waals surface area contributed by atoms with E-state index < -0.39 is 0 Å². The fourth-order valence-electron chi connectivity index (χ4n) is 1.10. The summed E-state index contributed by atoms with van der Waals surface area (Å²) < 4.78 is 0. The molecular formula is C10H15Cl2N. The second-order valence-corrected chi connectivity index (χ2v) is 3.70. The Hall–Kier alpha value is -0.240. The summed E-state index contributed by atoms with van der Waals surface area (Å²) in [5.41, 5.74) is 6.99. The molecule has 0 saturated heterocycles. The molecule has 1 aromatic carbocycles. The van der Waals surface area contributed by atoms with Crippen molar-refractivity contribution in [3.63, 3.8) is 0 Å². The van der Waals surface area contributed by atoms with Gasteiger partial charge < -0.3 is 5.73 Å². The molecule has 1 atom stereocenters. The average Bonchev–Trinajstić information content (AvgIpc) is 2.04. The lowest BCUT2D eigenvalue weighted by Crippen LogP contribution is -2.16. The quantitative estimate of drug-likeness (QED) is 0.811. The predicted molar refractivity (Wildman–Crippen MR) is 60.5 cm³/mol. The van der Waals surface area contributed by atoms with Gasteiger partial charge in [0.05, 0.1) is 0 Å². The maximum atomic E-state index is 5.98. The van der Waals surface area contributed by atoms with Crippen LogP contribution in [0.4, 0.5) is 0 Å². The molecule has 0 aromatic heterocycles. The van der Waals surface area contributed by atoms with E-state index in [2.05, 4.69) is 13.8 Å². The largest absolute Gasteiger partial charge is 0.324 e. The Morgan fingerprint density at radius 3 is 2.23 bits per heavy atom. The number of benzene rings is 1. The summed E-state index contributed by atoms with van der Waals surface area (Å²) in [6.45, 7) is 4.18. The third-order valence-electron chi connectivity index (χ3n) is 1.98. The van der Waals surface area contributed by atoms with Gasteiger partial charge in [0.25, 0.3) is 0 Å². The second-order valence-electron chi connectivity index (χ2n) is 3.29. The van der Waals surface area contributed by atoms with Crippen LogP contribution in [-0.2, 0) is 0 Å². The van der Waals surface area contributed by atoms with Crippen molar-refractivity contribution in [2.24, 2.45) is 11.7 Å². The first-order valence-electron chi connectivity index (χ1n) is 4.13. The van der Waals surface area contributed by atoms with Crippen molar-refractivity contribution in [1.82, 2.24) is 0 Å². The van der Waals surface area contributed by atoms with Crippen LogP contribution in [0.25, 0.3) is 0 Å². The van der Waals surface area contributed by atoms with Gasteiger partial charge in [-0.05, 0) is 17.5 Å². The van der Waals surface area contributed by atoms with E-state index >= 15 is 0 Å². The van der Waals surface area contributed by atoms with Crippen molar-refractivity contribution in [1.29, 1.82) is 0 Å². The number of hydrogen-bond donors (Lipinski definition) is 1. The highest BCUT2D eigenvalue weighted by Gasteiger charge is 2.12. The number of rotatable bonds is 2. The van der Waals surface area contributed by atoms with Gasteiger partial charge in [-0.1, -0.05) is 43.6 Å². The Bertz CT molecular complexity index is 261. The van der Waals surface area contributed by atoms with Crippen LogP contribution in [0.15, 0.2) is 24.3 Å². The third-order valence-corrected chi connectivity index (χ3v) is 2.33. The van der Waals surface area contributed by atoms with E-state index in [-0.39, 0.29) is 18.4 Å². The highest BCUT2D eigenvalue weighted by atomic mass is 35.5. The van der Waals surface area contributed by atoms with E-state index in [9.17, 15) is 0 Å². The maximum Gasteiger partial charge on any atom is 0.0453 e. The molecule has 1 rings (SSSR count). The molecule has 0 spiro atoms. The van der Waals surface area contributed by atoms with Crippen LogP contribution < -0.4 is 5.73 Å². The van der Waals surface area contributed by atoms with Crippen LogP contribution in [0.2, 0.25) is 5.02 Å². The van der Waals surface area contributed by atoms with Gasteiger partial charge in [-0.2, -0.15) is 0 Å². The van der Waals surface area contributed by atoms with Crippen LogP contribution in [0.1, 0.15) is 25.5 Å². The summed E-state index contributed by atoms with van der Waals surface area (Å²) in [6, 6.07) is 7.77. The molecule has 0 aliphatic heterocycles. The van der Waals surface area contributed by atoms with Crippen molar-refractivity contribution in [2.45, 2.75) is 19.9 Å². The zero-order chi connectivity index (χ0) is 9.14. The molecule has 3 heteroatoms. The molecule has 0 aliphatic rings. The molecule has 1 aromatic rings. The molecule has 74 valence electrons. The van der Waals surface area contributed by atoms with Gasteiger partial charge in [-0.15, -0.1) is 12.4 Å². The Kier molecular flexibility index (Phi) is 5.38. The zero-order valence-corrected chi connectivity index (χ0v) is 9.40. The number of halogens is 2. The van der Waals surface area contributed by atoms with Gasteiger partial charge in [-0.3, -0.25) is 0 Å². The van der Waals surface area contributed by atoms with Gasteiger partial charge in [0.1, 0.15) is 0 Å². The summed E-state index contributed by atoms with van der Waals surface area (Å²) in [4.78, 5) is 0. The lowest BCUT2D eigenvalue weighted by Gasteiger charge is -2.16. The van der Waals surface area contributed by atoms with Crippen LogP contribution in [0, 0.1) is 5.92 Å². The molecule has 0 amide bonds. The van der Waals surface area contributed by atoms with Crippen molar-refractivity contribution >= 4 is 24.0 Å². The molecule has 0 fully saturated rings. The minimum atomic E-state index is 0. The fraction of sp³-hybridized carbons (Fsp3) is 0.400. The van der Waals surface area contributed by atoms with E-state index in [1.165, 1.54) is 0 Å². The van der Waals surface area contributed by atoms with Gasteiger partial charge in [0.2, 0.25) is 0 Å². The summed E-state index contributed by atoms with van der Waals surface area (Å²) in [7, 11) is 0. The summed E-state index contributed by atoms with van der Waals surface area (Å²) in [6.07, 6.45) is 0. The Morgan fingerprint density at radius 2 is 1.77 bits per heavy atom. The minimum Gasteiger partial charge on any atom is -0.324 e. The van der Waals surface area contributed by atoms with E-state index in [0.717, 1.165) is 10.6 Å². The van der Waals surface area contributed by atoms with Crippen molar-refractivity contribution in [3.8, 4) is 0 Å².